The van der Waals surface area contributed by atoms with Gasteiger partial charge in [0, 0.05) is 24.2 Å². The van der Waals surface area contributed by atoms with Crippen LogP contribution >= 0.6 is 11.8 Å². The molecule has 0 aliphatic rings. The minimum Gasteiger partial charge on any atom is -0.497 e. The summed E-state index contributed by atoms with van der Waals surface area (Å²) in [5, 5.41) is 11.0. The molecule has 2 rings (SSSR count). The van der Waals surface area contributed by atoms with E-state index in [1.165, 1.54) is 4.90 Å². The first-order chi connectivity index (χ1) is 13.6. The Labute approximate surface area is 174 Å². The minimum atomic E-state index is -0.349. The van der Waals surface area contributed by atoms with Gasteiger partial charge in [0.25, 0.3) is 5.22 Å². The molecule has 10 heteroatoms. The van der Waals surface area contributed by atoms with E-state index in [0.717, 1.165) is 11.8 Å². The molecular weight excluding hydrogens is 396 g/mol. The lowest BCUT2D eigenvalue weighted by molar-refractivity contribution is -0.133. The summed E-state index contributed by atoms with van der Waals surface area (Å²) in [4.78, 5) is 25.6. The molecule has 0 saturated heterocycles. The summed E-state index contributed by atoms with van der Waals surface area (Å²) in [6.45, 7) is 5.63. The third-order valence-corrected chi connectivity index (χ3v) is 4.45. The second kappa shape index (κ2) is 9.64. The maximum absolute atomic E-state index is 12.3. The standard InChI is InChI=1S/C19H26N4O5S/c1-19(2,3)20-15(24)10-23(4)16(25)11-29-18-22-21-17(28-18)12-7-13(26-5)9-14(8-12)27-6/h7-9H,10-11H2,1-6H3,(H,20,24). The third-order valence-electron chi connectivity index (χ3n) is 3.64. The number of benzene rings is 1. The summed E-state index contributed by atoms with van der Waals surface area (Å²) in [5.41, 5.74) is 0.293. The molecular formula is C19H26N4O5S. The number of likely N-dealkylation sites (N-methyl/N-ethyl adjacent to an activating group) is 1. The minimum absolute atomic E-state index is 0.0185. The van der Waals surface area contributed by atoms with E-state index in [0.29, 0.717) is 17.1 Å². The zero-order chi connectivity index (χ0) is 21.6. The van der Waals surface area contributed by atoms with Gasteiger partial charge >= 0.3 is 0 Å². The van der Waals surface area contributed by atoms with Crippen molar-refractivity contribution in [2.75, 3.05) is 33.6 Å². The quantitative estimate of drug-likeness (QED) is 0.646. The fourth-order valence-corrected chi connectivity index (χ4v) is 3.01. The Morgan fingerprint density at radius 2 is 1.76 bits per heavy atom. The number of hydrogen-bond donors (Lipinski definition) is 1. The third kappa shape index (κ3) is 6.97. The zero-order valence-corrected chi connectivity index (χ0v) is 18.3. The summed E-state index contributed by atoms with van der Waals surface area (Å²) in [6, 6.07) is 5.23. The molecule has 0 spiro atoms. The van der Waals surface area contributed by atoms with E-state index in [1.54, 1.807) is 39.5 Å². The van der Waals surface area contributed by atoms with E-state index >= 15 is 0 Å². The summed E-state index contributed by atoms with van der Waals surface area (Å²) in [6.07, 6.45) is 0. The number of aromatic nitrogens is 2. The topological polar surface area (TPSA) is 107 Å². The van der Waals surface area contributed by atoms with Crippen molar-refractivity contribution in [1.29, 1.82) is 0 Å². The van der Waals surface area contributed by atoms with Gasteiger partial charge in [-0.2, -0.15) is 0 Å². The van der Waals surface area contributed by atoms with Crippen molar-refractivity contribution in [2.45, 2.75) is 31.5 Å². The molecule has 0 unspecified atom stereocenters. The van der Waals surface area contributed by atoms with Crippen LogP contribution < -0.4 is 14.8 Å². The van der Waals surface area contributed by atoms with E-state index < -0.39 is 0 Å². The number of nitrogens with one attached hydrogen (secondary N) is 1. The van der Waals surface area contributed by atoms with E-state index in [2.05, 4.69) is 15.5 Å². The number of thioether (sulfide) groups is 1. The van der Waals surface area contributed by atoms with Crippen LogP contribution in [0.4, 0.5) is 0 Å². The largest absolute Gasteiger partial charge is 0.497 e. The summed E-state index contributed by atoms with van der Waals surface area (Å²) >= 11 is 1.11. The SMILES string of the molecule is COc1cc(OC)cc(-c2nnc(SCC(=O)N(C)CC(=O)NC(C)(C)C)o2)c1. The van der Waals surface area contributed by atoms with E-state index in [4.69, 9.17) is 13.9 Å². The summed E-state index contributed by atoms with van der Waals surface area (Å²) < 4.78 is 16.1. The predicted molar refractivity (Wildman–Crippen MR) is 109 cm³/mol. The van der Waals surface area contributed by atoms with Gasteiger partial charge in [-0.15, -0.1) is 10.2 Å². The van der Waals surface area contributed by atoms with Gasteiger partial charge in [-0.3, -0.25) is 9.59 Å². The van der Waals surface area contributed by atoms with Gasteiger partial charge in [-0.05, 0) is 32.9 Å². The second-order valence-corrected chi connectivity index (χ2v) is 8.24. The first-order valence-corrected chi connectivity index (χ1v) is 9.84. The normalized spacial score (nSPS) is 11.1. The molecule has 0 aliphatic carbocycles. The van der Waals surface area contributed by atoms with Crippen LogP contribution in [0.3, 0.4) is 0 Å². The number of hydrogen-bond acceptors (Lipinski definition) is 8. The molecule has 0 atom stereocenters. The highest BCUT2D eigenvalue weighted by Gasteiger charge is 2.19. The Hall–Kier alpha value is -2.75. The molecule has 2 aromatic rings. The Morgan fingerprint density at radius 3 is 2.31 bits per heavy atom. The highest BCUT2D eigenvalue weighted by atomic mass is 32.2. The molecule has 0 bridgehead atoms. The predicted octanol–water partition coefficient (Wildman–Crippen LogP) is 2.22. The Balaban J connectivity index is 1.95. The molecule has 9 nitrogen and oxygen atoms in total. The molecule has 1 N–H and O–H groups in total. The number of nitrogens with zero attached hydrogens (tertiary/aromatic N) is 3. The molecule has 29 heavy (non-hydrogen) atoms. The first-order valence-electron chi connectivity index (χ1n) is 8.86. The van der Waals surface area contributed by atoms with E-state index in [1.807, 2.05) is 20.8 Å². The van der Waals surface area contributed by atoms with Crippen molar-refractivity contribution in [3.63, 3.8) is 0 Å². The zero-order valence-electron chi connectivity index (χ0n) is 17.4. The highest BCUT2D eigenvalue weighted by molar-refractivity contribution is 7.99. The van der Waals surface area contributed by atoms with Crippen LogP contribution in [0.2, 0.25) is 0 Å². The van der Waals surface area contributed by atoms with Gasteiger partial charge in [0.05, 0.1) is 26.5 Å². The van der Waals surface area contributed by atoms with Crippen molar-refractivity contribution in [1.82, 2.24) is 20.4 Å². The molecule has 158 valence electrons. The molecule has 0 saturated carbocycles. The number of methoxy groups -OCH3 is 2. The molecule has 1 aromatic carbocycles. The lowest BCUT2D eigenvalue weighted by Gasteiger charge is -2.23. The van der Waals surface area contributed by atoms with Crippen molar-refractivity contribution in [3.05, 3.63) is 18.2 Å². The van der Waals surface area contributed by atoms with Crippen LogP contribution in [0.5, 0.6) is 11.5 Å². The van der Waals surface area contributed by atoms with Crippen molar-refractivity contribution >= 4 is 23.6 Å². The Morgan fingerprint density at radius 1 is 1.14 bits per heavy atom. The lowest BCUT2D eigenvalue weighted by Crippen LogP contribution is -2.46. The number of carbonyl (C=O) groups is 2. The van der Waals surface area contributed by atoms with Crippen LogP contribution in [-0.2, 0) is 9.59 Å². The average molecular weight is 423 g/mol. The molecule has 0 radical (unpaired) electrons. The van der Waals surface area contributed by atoms with Gasteiger partial charge in [0.15, 0.2) is 0 Å². The van der Waals surface area contributed by atoms with Gasteiger partial charge < -0.3 is 24.1 Å². The van der Waals surface area contributed by atoms with Crippen LogP contribution in [0.1, 0.15) is 20.8 Å². The Bertz CT molecular complexity index is 840. The van der Waals surface area contributed by atoms with Crippen LogP contribution in [0.25, 0.3) is 11.5 Å². The number of carbonyl (C=O) groups excluding carboxylic acids is 2. The smallest absolute Gasteiger partial charge is 0.277 e. The monoisotopic (exact) mass is 422 g/mol. The summed E-state index contributed by atoms with van der Waals surface area (Å²) in [7, 11) is 4.68. The van der Waals surface area contributed by atoms with Crippen LogP contribution in [-0.4, -0.2) is 66.0 Å². The van der Waals surface area contributed by atoms with Gasteiger partial charge in [-0.25, -0.2) is 0 Å². The number of rotatable bonds is 8. The maximum Gasteiger partial charge on any atom is 0.277 e. The fourth-order valence-electron chi connectivity index (χ4n) is 2.31. The molecule has 0 aliphatic heterocycles. The maximum atomic E-state index is 12.3. The van der Waals surface area contributed by atoms with Crippen molar-refractivity contribution in [3.8, 4) is 23.0 Å². The fraction of sp³-hybridized carbons (Fsp3) is 0.474. The van der Waals surface area contributed by atoms with Crippen molar-refractivity contribution < 1.29 is 23.5 Å². The number of ether oxygens (including phenoxy) is 2. The van der Waals surface area contributed by atoms with E-state index in [-0.39, 0.29) is 40.8 Å². The van der Waals surface area contributed by atoms with Crippen molar-refractivity contribution in [2.24, 2.45) is 0 Å². The molecule has 2 amide bonds. The number of amides is 2. The van der Waals surface area contributed by atoms with Gasteiger partial charge in [0.2, 0.25) is 17.7 Å². The highest BCUT2D eigenvalue weighted by Crippen LogP contribution is 2.30. The average Bonchev–Trinajstić information content (AvgIpc) is 3.13. The molecule has 1 aromatic heterocycles. The van der Waals surface area contributed by atoms with Crippen LogP contribution in [0.15, 0.2) is 27.8 Å². The molecule has 0 fully saturated rings. The van der Waals surface area contributed by atoms with Gasteiger partial charge in [-0.1, -0.05) is 11.8 Å². The van der Waals surface area contributed by atoms with E-state index in [9.17, 15) is 9.59 Å². The molecule has 1 heterocycles. The van der Waals surface area contributed by atoms with Gasteiger partial charge in [0.1, 0.15) is 11.5 Å². The second-order valence-electron chi connectivity index (χ2n) is 7.31. The summed E-state index contributed by atoms with van der Waals surface area (Å²) in [5.74, 6) is 1.11. The first kappa shape index (κ1) is 22.5. The van der Waals surface area contributed by atoms with Crippen LogP contribution in [0, 0.1) is 0 Å². The lowest BCUT2D eigenvalue weighted by atomic mass is 10.1. The Kier molecular flexibility index (Phi) is 7.49.